The molecule has 33 heavy (non-hydrogen) atoms. The number of fused-ring (bicyclic) bond motifs is 2. The molecule has 4 aromatic rings. The SMILES string of the molecule is Cc1nc2ccccc2nc1-c1cn2nc(N3CCCC3)cc(N(C)C3CCOCC3)c2n1. The highest BCUT2D eigenvalue weighted by Gasteiger charge is 2.25. The van der Waals surface area contributed by atoms with Crippen molar-refractivity contribution in [3.8, 4) is 11.4 Å². The Balaban J connectivity index is 1.49. The summed E-state index contributed by atoms with van der Waals surface area (Å²) in [7, 11) is 2.18. The highest BCUT2D eigenvalue weighted by molar-refractivity contribution is 5.79. The molecule has 0 radical (unpaired) electrons. The Labute approximate surface area is 193 Å². The average Bonchev–Trinajstić information content (AvgIpc) is 3.53. The minimum absolute atomic E-state index is 0.429. The van der Waals surface area contributed by atoms with Gasteiger partial charge >= 0.3 is 0 Å². The fraction of sp³-hybridized carbons (Fsp3) is 0.440. The Morgan fingerprint density at radius 1 is 1.00 bits per heavy atom. The quantitative estimate of drug-likeness (QED) is 0.474. The van der Waals surface area contributed by atoms with Gasteiger partial charge in [-0.3, -0.25) is 0 Å². The molecular weight excluding hydrogens is 414 g/mol. The third kappa shape index (κ3) is 3.68. The second-order valence-electron chi connectivity index (χ2n) is 9.08. The molecule has 0 N–H and O–H groups in total. The number of para-hydroxylation sites is 2. The lowest BCUT2D eigenvalue weighted by Gasteiger charge is -2.33. The largest absolute Gasteiger partial charge is 0.381 e. The summed E-state index contributed by atoms with van der Waals surface area (Å²) in [6.07, 6.45) is 6.47. The number of aromatic nitrogens is 5. The van der Waals surface area contributed by atoms with Crippen molar-refractivity contribution in [3.63, 3.8) is 0 Å². The van der Waals surface area contributed by atoms with Crippen molar-refractivity contribution >= 4 is 28.2 Å². The number of benzene rings is 1. The molecule has 0 unspecified atom stereocenters. The predicted octanol–water partition coefficient (Wildman–Crippen LogP) is 3.86. The van der Waals surface area contributed by atoms with E-state index in [-0.39, 0.29) is 0 Å². The molecule has 2 saturated heterocycles. The smallest absolute Gasteiger partial charge is 0.177 e. The average molecular weight is 444 g/mol. The van der Waals surface area contributed by atoms with Crippen LogP contribution in [0.1, 0.15) is 31.4 Å². The van der Waals surface area contributed by atoms with Crippen LogP contribution in [0.5, 0.6) is 0 Å². The van der Waals surface area contributed by atoms with E-state index in [0.717, 1.165) is 84.4 Å². The van der Waals surface area contributed by atoms with E-state index in [1.807, 2.05) is 41.9 Å². The summed E-state index contributed by atoms with van der Waals surface area (Å²) < 4.78 is 7.54. The zero-order valence-corrected chi connectivity index (χ0v) is 19.2. The van der Waals surface area contributed by atoms with E-state index in [1.165, 1.54) is 12.8 Å². The topological polar surface area (TPSA) is 71.7 Å². The van der Waals surface area contributed by atoms with Crippen LogP contribution in [-0.2, 0) is 4.74 Å². The number of imidazole rings is 1. The van der Waals surface area contributed by atoms with Gasteiger partial charge < -0.3 is 14.5 Å². The maximum atomic E-state index is 5.61. The van der Waals surface area contributed by atoms with Gasteiger partial charge in [0, 0.05) is 45.5 Å². The number of ether oxygens (including phenoxy) is 1. The molecule has 5 heterocycles. The monoisotopic (exact) mass is 443 g/mol. The summed E-state index contributed by atoms with van der Waals surface area (Å²) in [6, 6.07) is 10.6. The van der Waals surface area contributed by atoms with Crippen LogP contribution in [0, 0.1) is 6.92 Å². The van der Waals surface area contributed by atoms with Crippen molar-refractivity contribution in [2.45, 2.75) is 38.6 Å². The minimum atomic E-state index is 0.429. The van der Waals surface area contributed by atoms with Crippen molar-refractivity contribution in [1.82, 2.24) is 24.6 Å². The Morgan fingerprint density at radius 2 is 1.73 bits per heavy atom. The molecule has 3 aromatic heterocycles. The van der Waals surface area contributed by atoms with Crippen LogP contribution in [-0.4, -0.2) is 64.0 Å². The van der Waals surface area contributed by atoms with Gasteiger partial charge in [0.15, 0.2) is 11.5 Å². The summed E-state index contributed by atoms with van der Waals surface area (Å²) in [4.78, 5) is 19.5. The number of hydrogen-bond acceptors (Lipinski definition) is 7. The molecule has 6 rings (SSSR count). The first-order valence-electron chi connectivity index (χ1n) is 11.9. The molecule has 0 aliphatic carbocycles. The maximum absolute atomic E-state index is 5.61. The summed E-state index contributed by atoms with van der Waals surface area (Å²) >= 11 is 0. The number of aryl methyl sites for hydroxylation is 1. The second kappa shape index (κ2) is 8.26. The molecule has 0 amide bonds. The van der Waals surface area contributed by atoms with Gasteiger partial charge in [0.1, 0.15) is 11.4 Å². The van der Waals surface area contributed by atoms with Crippen LogP contribution in [0.15, 0.2) is 36.5 Å². The summed E-state index contributed by atoms with van der Waals surface area (Å²) in [5, 5.41) is 4.96. The first-order valence-corrected chi connectivity index (χ1v) is 11.9. The summed E-state index contributed by atoms with van der Waals surface area (Å²) in [5.41, 5.74) is 6.22. The molecule has 0 bridgehead atoms. The standard InChI is InChI=1S/C25H29N7O/c1-17-24(27-20-8-4-3-7-19(20)26-17)21-16-32-25(28-21)22(30(2)18-9-13-33-14-10-18)15-23(29-32)31-11-5-6-12-31/h3-4,7-8,15-16,18H,5-6,9-14H2,1-2H3. The Bertz CT molecular complexity index is 1310. The first-order chi connectivity index (χ1) is 16.2. The van der Waals surface area contributed by atoms with Crippen molar-refractivity contribution < 1.29 is 4.74 Å². The van der Waals surface area contributed by atoms with Crippen molar-refractivity contribution in [3.05, 3.63) is 42.2 Å². The molecule has 2 fully saturated rings. The van der Waals surface area contributed by atoms with E-state index >= 15 is 0 Å². The van der Waals surface area contributed by atoms with E-state index in [4.69, 9.17) is 24.8 Å². The molecule has 8 heteroatoms. The second-order valence-corrected chi connectivity index (χ2v) is 9.08. The van der Waals surface area contributed by atoms with Crippen LogP contribution in [0.3, 0.4) is 0 Å². The van der Waals surface area contributed by atoms with Crippen LogP contribution < -0.4 is 9.80 Å². The molecule has 0 atom stereocenters. The van der Waals surface area contributed by atoms with E-state index in [0.29, 0.717) is 6.04 Å². The zero-order chi connectivity index (χ0) is 22.4. The molecule has 170 valence electrons. The minimum Gasteiger partial charge on any atom is -0.381 e. The van der Waals surface area contributed by atoms with Gasteiger partial charge in [0.2, 0.25) is 0 Å². The van der Waals surface area contributed by atoms with Gasteiger partial charge in [0.05, 0.1) is 28.6 Å². The lowest BCUT2D eigenvalue weighted by Crippen LogP contribution is -2.37. The van der Waals surface area contributed by atoms with E-state index in [9.17, 15) is 0 Å². The summed E-state index contributed by atoms with van der Waals surface area (Å²) in [5.74, 6) is 1.01. The Hall–Kier alpha value is -3.26. The number of anilines is 2. The number of nitrogens with zero attached hydrogens (tertiary/aromatic N) is 7. The highest BCUT2D eigenvalue weighted by Crippen LogP contribution is 2.32. The number of rotatable bonds is 4. The molecule has 0 spiro atoms. The Kier molecular flexibility index (Phi) is 5.10. The first kappa shape index (κ1) is 20.4. The third-order valence-electron chi connectivity index (χ3n) is 6.93. The van der Waals surface area contributed by atoms with Crippen LogP contribution >= 0.6 is 0 Å². The van der Waals surface area contributed by atoms with Crippen molar-refractivity contribution in [1.29, 1.82) is 0 Å². The van der Waals surface area contributed by atoms with E-state index in [1.54, 1.807) is 0 Å². The van der Waals surface area contributed by atoms with Gasteiger partial charge in [-0.2, -0.15) is 0 Å². The number of hydrogen-bond donors (Lipinski definition) is 0. The predicted molar refractivity (Wildman–Crippen MR) is 130 cm³/mol. The van der Waals surface area contributed by atoms with E-state index in [2.05, 4.69) is 22.9 Å². The fourth-order valence-electron chi connectivity index (χ4n) is 5.02. The van der Waals surface area contributed by atoms with Crippen LogP contribution in [0.2, 0.25) is 0 Å². The van der Waals surface area contributed by atoms with Crippen LogP contribution in [0.25, 0.3) is 28.1 Å². The van der Waals surface area contributed by atoms with Gasteiger partial charge in [0.25, 0.3) is 0 Å². The van der Waals surface area contributed by atoms with E-state index < -0.39 is 0 Å². The van der Waals surface area contributed by atoms with Gasteiger partial charge in [-0.1, -0.05) is 12.1 Å². The van der Waals surface area contributed by atoms with Gasteiger partial charge in [-0.05, 0) is 44.7 Å². The lowest BCUT2D eigenvalue weighted by molar-refractivity contribution is 0.0855. The lowest BCUT2D eigenvalue weighted by atomic mass is 10.1. The van der Waals surface area contributed by atoms with Crippen molar-refractivity contribution in [2.75, 3.05) is 43.2 Å². The molecule has 2 aliphatic rings. The van der Waals surface area contributed by atoms with Crippen molar-refractivity contribution in [2.24, 2.45) is 0 Å². The molecule has 2 aliphatic heterocycles. The fourth-order valence-corrected chi connectivity index (χ4v) is 5.02. The van der Waals surface area contributed by atoms with Gasteiger partial charge in [-0.25, -0.2) is 19.5 Å². The Morgan fingerprint density at radius 3 is 2.48 bits per heavy atom. The van der Waals surface area contributed by atoms with Crippen LogP contribution in [0.4, 0.5) is 11.5 Å². The van der Waals surface area contributed by atoms with Gasteiger partial charge in [-0.15, -0.1) is 5.10 Å². The highest BCUT2D eigenvalue weighted by atomic mass is 16.5. The summed E-state index contributed by atoms with van der Waals surface area (Å²) in [6.45, 7) is 5.71. The normalized spacial score (nSPS) is 17.3. The maximum Gasteiger partial charge on any atom is 0.177 e. The third-order valence-corrected chi connectivity index (χ3v) is 6.93. The molecule has 1 aromatic carbocycles. The molecule has 0 saturated carbocycles. The molecular formula is C25H29N7O. The molecule has 8 nitrogen and oxygen atoms in total. The zero-order valence-electron chi connectivity index (χ0n) is 19.2.